The number of nitrogens with one attached hydrogen (secondary N) is 1. The Bertz CT molecular complexity index is 806. The molecule has 30 heavy (non-hydrogen) atoms. The molecule has 5 amide bonds. The molecule has 1 aromatic rings. The Morgan fingerprint density at radius 1 is 1.07 bits per heavy atom. The highest BCUT2D eigenvalue weighted by Gasteiger charge is 2.44. The fourth-order valence-electron chi connectivity index (χ4n) is 3.41. The summed E-state index contributed by atoms with van der Waals surface area (Å²) in [5.41, 5.74) is 1.73. The Hall–Kier alpha value is -2.98. The molecular formula is C20H27N5O5. The third kappa shape index (κ3) is 4.95. The minimum atomic E-state index is -0.862. The number of amides is 5. The number of hydrogen-bond donors (Lipinski definition) is 1. The number of nitrogens with zero attached hydrogens (tertiary/aromatic N) is 4. The molecule has 0 aliphatic carbocycles. The van der Waals surface area contributed by atoms with E-state index >= 15 is 0 Å². The van der Waals surface area contributed by atoms with Gasteiger partial charge in [-0.3, -0.25) is 24.2 Å². The van der Waals surface area contributed by atoms with Crippen molar-refractivity contribution in [3.05, 3.63) is 24.3 Å². The first-order chi connectivity index (χ1) is 14.4. The lowest BCUT2D eigenvalue weighted by atomic mass is 10.2. The lowest BCUT2D eigenvalue weighted by molar-refractivity contribution is -0.144. The molecule has 2 fully saturated rings. The van der Waals surface area contributed by atoms with Crippen LogP contribution in [0.25, 0.3) is 0 Å². The molecule has 0 radical (unpaired) electrons. The molecule has 1 N–H and O–H groups in total. The molecule has 1 aromatic carbocycles. The molecule has 0 spiro atoms. The van der Waals surface area contributed by atoms with E-state index in [1.54, 1.807) is 7.05 Å². The lowest BCUT2D eigenvalue weighted by Crippen LogP contribution is -2.43. The number of anilines is 2. The maximum absolute atomic E-state index is 12.3. The van der Waals surface area contributed by atoms with Crippen LogP contribution in [0, 0.1) is 0 Å². The molecular weight excluding hydrogens is 390 g/mol. The van der Waals surface area contributed by atoms with Crippen LogP contribution in [0.5, 0.6) is 0 Å². The summed E-state index contributed by atoms with van der Waals surface area (Å²) in [7, 11) is 1.61. The molecule has 3 rings (SSSR count). The molecule has 0 saturated carbocycles. The Balaban J connectivity index is 1.50. The summed E-state index contributed by atoms with van der Waals surface area (Å²) >= 11 is 0. The monoisotopic (exact) mass is 417 g/mol. The first kappa shape index (κ1) is 21.7. The number of imide groups is 2. The minimum absolute atomic E-state index is 0.0375. The van der Waals surface area contributed by atoms with E-state index in [0.29, 0.717) is 25.3 Å². The van der Waals surface area contributed by atoms with Crippen molar-refractivity contribution in [2.24, 2.45) is 0 Å². The first-order valence-corrected chi connectivity index (χ1v) is 9.99. The summed E-state index contributed by atoms with van der Waals surface area (Å²) < 4.78 is 5.35. The fraction of sp³-hybridized carbons (Fsp3) is 0.500. The number of carbonyl (C=O) groups excluding carboxylic acids is 4. The van der Waals surface area contributed by atoms with Gasteiger partial charge in [-0.15, -0.1) is 0 Å². The quantitative estimate of drug-likeness (QED) is 0.487. The number of likely N-dealkylation sites (N-methyl/N-ethyl adjacent to an activating group) is 1. The Morgan fingerprint density at radius 3 is 2.33 bits per heavy atom. The van der Waals surface area contributed by atoms with Crippen molar-refractivity contribution in [3.8, 4) is 0 Å². The molecule has 10 nitrogen and oxygen atoms in total. The highest BCUT2D eigenvalue weighted by Crippen LogP contribution is 2.19. The Labute approximate surface area is 175 Å². The SMILES string of the molecule is CCCN1C(=O)C(=O)N(CN(C)CC(=O)Nc2ccc(N3CCOCC3)cc2)C1=O. The molecule has 2 heterocycles. The van der Waals surface area contributed by atoms with Gasteiger partial charge < -0.3 is 15.0 Å². The van der Waals surface area contributed by atoms with Gasteiger partial charge in [0.15, 0.2) is 0 Å². The van der Waals surface area contributed by atoms with Gasteiger partial charge in [-0.1, -0.05) is 6.92 Å². The molecule has 2 aliphatic rings. The number of urea groups is 1. The van der Waals surface area contributed by atoms with Crippen molar-refractivity contribution in [1.82, 2.24) is 14.7 Å². The van der Waals surface area contributed by atoms with Gasteiger partial charge >= 0.3 is 17.8 Å². The van der Waals surface area contributed by atoms with Crippen molar-refractivity contribution in [2.75, 3.05) is 63.3 Å². The van der Waals surface area contributed by atoms with Crippen molar-refractivity contribution in [2.45, 2.75) is 13.3 Å². The van der Waals surface area contributed by atoms with Crippen LogP contribution in [0.4, 0.5) is 16.2 Å². The Kier molecular flexibility index (Phi) is 7.01. The van der Waals surface area contributed by atoms with Gasteiger partial charge in [0.2, 0.25) is 5.91 Å². The van der Waals surface area contributed by atoms with Gasteiger partial charge in [-0.25, -0.2) is 9.69 Å². The summed E-state index contributed by atoms with van der Waals surface area (Å²) in [6, 6.07) is 6.91. The summed E-state index contributed by atoms with van der Waals surface area (Å²) in [5.74, 6) is -1.97. The summed E-state index contributed by atoms with van der Waals surface area (Å²) in [6.07, 6.45) is 0.571. The van der Waals surface area contributed by atoms with Gasteiger partial charge in [0.1, 0.15) is 0 Å². The van der Waals surface area contributed by atoms with Crippen LogP contribution in [0.1, 0.15) is 13.3 Å². The number of hydrogen-bond acceptors (Lipinski definition) is 7. The summed E-state index contributed by atoms with van der Waals surface area (Å²) in [6.45, 7) is 4.92. The third-order valence-corrected chi connectivity index (χ3v) is 4.91. The lowest BCUT2D eigenvalue weighted by Gasteiger charge is -2.29. The average Bonchev–Trinajstić information content (AvgIpc) is 2.93. The first-order valence-electron chi connectivity index (χ1n) is 9.99. The van der Waals surface area contributed by atoms with Crippen LogP contribution < -0.4 is 10.2 Å². The number of morpholine rings is 1. The summed E-state index contributed by atoms with van der Waals surface area (Å²) in [4.78, 5) is 54.1. The maximum atomic E-state index is 12.3. The van der Waals surface area contributed by atoms with Crippen LogP contribution in [0.2, 0.25) is 0 Å². The van der Waals surface area contributed by atoms with Crippen molar-refractivity contribution in [3.63, 3.8) is 0 Å². The van der Waals surface area contributed by atoms with Gasteiger partial charge in [0.05, 0.1) is 26.4 Å². The largest absolute Gasteiger partial charge is 0.378 e. The van der Waals surface area contributed by atoms with Crippen LogP contribution in [-0.4, -0.2) is 91.6 Å². The second-order valence-electron chi connectivity index (χ2n) is 7.32. The standard InChI is InChI=1S/C20H27N5O5/c1-3-8-24-18(27)19(28)25(20(24)29)14-22(2)13-17(26)21-15-4-6-16(7-5-15)23-9-11-30-12-10-23/h4-7H,3,8-14H2,1-2H3,(H,21,26). The average molecular weight is 417 g/mol. The van der Waals surface area contributed by atoms with E-state index in [0.717, 1.165) is 28.6 Å². The smallest absolute Gasteiger partial charge is 0.335 e. The zero-order valence-corrected chi connectivity index (χ0v) is 17.3. The molecule has 162 valence electrons. The van der Waals surface area contributed by atoms with E-state index in [9.17, 15) is 19.2 Å². The van der Waals surface area contributed by atoms with Gasteiger partial charge in [0, 0.05) is 31.0 Å². The van der Waals surface area contributed by atoms with Crippen LogP contribution in [-0.2, 0) is 19.1 Å². The van der Waals surface area contributed by atoms with E-state index in [1.807, 2.05) is 31.2 Å². The topological polar surface area (TPSA) is 102 Å². The van der Waals surface area contributed by atoms with E-state index in [2.05, 4.69) is 10.2 Å². The normalized spacial score (nSPS) is 17.3. The second kappa shape index (κ2) is 9.68. The molecule has 0 aromatic heterocycles. The van der Waals surface area contributed by atoms with E-state index in [4.69, 9.17) is 4.74 Å². The number of ether oxygens (including phenoxy) is 1. The van der Waals surface area contributed by atoms with Crippen LogP contribution in [0.3, 0.4) is 0 Å². The van der Waals surface area contributed by atoms with Gasteiger partial charge in [0.25, 0.3) is 0 Å². The van der Waals surface area contributed by atoms with Crippen LogP contribution in [0.15, 0.2) is 24.3 Å². The molecule has 2 saturated heterocycles. The van der Waals surface area contributed by atoms with Crippen LogP contribution >= 0.6 is 0 Å². The van der Waals surface area contributed by atoms with Crippen molar-refractivity contribution in [1.29, 1.82) is 0 Å². The zero-order chi connectivity index (χ0) is 21.7. The highest BCUT2D eigenvalue weighted by molar-refractivity contribution is 6.44. The number of rotatable bonds is 8. The molecule has 0 bridgehead atoms. The minimum Gasteiger partial charge on any atom is -0.378 e. The molecule has 2 aliphatic heterocycles. The predicted octanol–water partition coefficient (Wildman–Crippen LogP) is 0.552. The Morgan fingerprint density at radius 2 is 1.70 bits per heavy atom. The number of benzene rings is 1. The van der Waals surface area contributed by atoms with Crippen molar-refractivity contribution >= 4 is 35.1 Å². The second-order valence-corrected chi connectivity index (χ2v) is 7.32. The maximum Gasteiger partial charge on any atom is 0.335 e. The zero-order valence-electron chi connectivity index (χ0n) is 17.3. The van der Waals surface area contributed by atoms with E-state index in [-0.39, 0.29) is 25.7 Å². The molecule has 0 unspecified atom stereocenters. The van der Waals surface area contributed by atoms with Gasteiger partial charge in [-0.2, -0.15) is 0 Å². The van der Waals surface area contributed by atoms with Gasteiger partial charge in [-0.05, 0) is 37.7 Å². The number of carbonyl (C=O) groups is 4. The molecule has 0 atom stereocenters. The summed E-state index contributed by atoms with van der Waals surface area (Å²) in [5, 5.41) is 2.80. The highest BCUT2D eigenvalue weighted by atomic mass is 16.5. The predicted molar refractivity (Wildman–Crippen MR) is 110 cm³/mol. The molecule has 10 heteroatoms. The van der Waals surface area contributed by atoms with E-state index in [1.165, 1.54) is 4.90 Å². The third-order valence-electron chi connectivity index (χ3n) is 4.91. The fourth-order valence-corrected chi connectivity index (χ4v) is 3.41. The van der Waals surface area contributed by atoms with Crippen molar-refractivity contribution < 1.29 is 23.9 Å². The van der Waals surface area contributed by atoms with E-state index < -0.39 is 17.8 Å².